The Morgan fingerprint density at radius 1 is 1.23 bits per heavy atom. The number of nitrogens with zero attached hydrogens (tertiary/aromatic N) is 6. The molecule has 0 radical (unpaired) electrons. The van der Waals surface area contributed by atoms with Crippen molar-refractivity contribution < 1.29 is 0 Å². The summed E-state index contributed by atoms with van der Waals surface area (Å²) < 4.78 is 3.72. The molecule has 0 saturated heterocycles. The van der Waals surface area contributed by atoms with E-state index in [1.807, 2.05) is 55.1 Å². The molecule has 0 aliphatic carbocycles. The topological polar surface area (TPSA) is 72.3 Å². The lowest BCUT2D eigenvalue weighted by molar-refractivity contribution is 0.756. The Balaban J connectivity index is 2.17. The van der Waals surface area contributed by atoms with Crippen LogP contribution in [0, 0.1) is 18.3 Å². The number of para-hydroxylation sites is 1. The average molecular weight is 310 g/mol. The number of hydrogen-bond donors (Lipinski definition) is 0. The molecule has 0 aliphatic rings. The molecule has 0 saturated carbocycles. The Kier molecular flexibility index (Phi) is 3.94. The molecule has 2 heterocycles. The van der Waals surface area contributed by atoms with Crippen LogP contribution in [-0.2, 0) is 7.05 Å². The lowest BCUT2D eigenvalue weighted by Gasteiger charge is -2.08. The van der Waals surface area contributed by atoms with Gasteiger partial charge in [-0.15, -0.1) is 10.2 Å². The van der Waals surface area contributed by atoms with Gasteiger partial charge in [-0.1, -0.05) is 30.0 Å². The van der Waals surface area contributed by atoms with E-state index in [0.717, 1.165) is 22.8 Å². The lowest BCUT2D eigenvalue weighted by atomic mass is 10.2. The highest BCUT2D eigenvalue weighted by Crippen LogP contribution is 2.28. The van der Waals surface area contributed by atoms with Gasteiger partial charge in [-0.2, -0.15) is 10.4 Å². The molecule has 0 fully saturated rings. The van der Waals surface area contributed by atoms with Crippen LogP contribution in [0.15, 0.2) is 41.7 Å². The number of hydrogen-bond acceptors (Lipinski definition) is 5. The molecular formula is C15H14N6S. The zero-order valence-electron chi connectivity index (χ0n) is 12.3. The monoisotopic (exact) mass is 310 g/mol. The molecular weight excluding hydrogens is 296 g/mol. The molecule has 110 valence electrons. The normalized spacial score (nSPS) is 10.6. The standard InChI is InChI=1S/C15H14N6S/c1-11-13(10-20(2)19-11)14-17-18-15(22-9-8-16)21(14)12-6-4-3-5-7-12/h3-7,10H,9H2,1-2H3. The molecule has 2 aromatic heterocycles. The zero-order chi connectivity index (χ0) is 15.5. The van der Waals surface area contributed by atoms with Crippen molar-refractivity contribution in [2.45, 2.75) is 12.1 Å². The van der Waals surface area contributed by atoms with E-state index in [2.05, 4.69) is 21.4 Å². The first-order valence-corrected chi connectivity index (χ1v) is 7.70. The van der Waals surface area contributed by atoms with Crippen LogP contribution < -0.4 is 0 Å². The molecule has 0 N–H and O–H groups in total. The number of aryl methyl sites for hydroxylation is 2. The predicted octanol–water partition coefficient (Wildman–Crippen LogP) is 2.59. The zero-order valence-corrected chi connectivity index (χ0v) is 13.1. The third-order valence-electron chi connectivity index (χ3n) is 3.17. The van der Waals surface area contributed by atoms with Crippen LogP contribution in [0.2, 0.25) is 0 Å². The van der Waals surface area contributed by atoms with Crippen molar-refractivity contribution in [3.63, 3.8) is 0 Å². The van der Waals surface area contributed by atoms with Gasteiger partial charge in [-0.25, -0.2) is 0 Å². The number of rotatable bonds is 4. The maximum absolute atomic E-state index is 8.82. The van der Waals surface area contributed by atoms with Gasteiger partial charge in [-0.3, -0.25) is 9.25 Å². The van der Waals surface area contributed by atoms with Gasteiger partial charge in [0.15, 0.2) is 11.0 Å². The quantitative estimate of drug-likeness (QED) is 0.693. The van der Waals surface area contributed by atoms with Crippen LogP contribution in [0.1, 0.15) is 5.69 Å². The summed E-state index contributed by atoms with van der Waals surface area (Å²) in [5, 5.41) is 22.5. The fourth-order valence-corrected chi connectivity index (χ4v) is 2.88. The maximum atomic E-state index is 8.82. The molecule has 0 bridgehead atoms. The number of aromatic nitrogens is 5. The molecule has 0 amide bonds. The first-order chi connectivity index (χ1) is 10.7. The minimum Gasteiger partial charge on any atom is -0.275 e. The van der Waals surface area contributed by atoms with Crippen molar-refractivity contribution in [1.29, 1.82) is 5.26 Å². The summed E-state index contributed by atoms with van der Waals surface area (Å²) in [7, 11) is 1.88. The molecule has 0 aliphatic heterocycles. The first-order valence-electron chi connectivity index (χ1n) is 6.72. The predicted molar refractivity (Wildman–Crippen MR) is 84.6 cm³/mol. The molecule has 6 nitrogen and oxygen atoms in total. The summed E-state index contributed by atoms with van der Waals surface area (Å²) in [6, 6.07) is 12.0. The van der Waals surface area contributed by atoms with Gasteiger partial charge < -0.3 is 0 Å². The smallest absolute Gasteiger partial charge is 0.197 e. The summed E-state index contributed by atoms with van der Waals surface area (Å²) in [5.41, 5.74) is 2.79. The van der Waals surface area contributed by atoms with Gasteiger partial charge in [0.2, 0.25) is 0 Å². The minimum absolute atomic E-state index is 0.330. The fraction of sp³-hybridized carbons (Fsp3) is 0.200. The van der Waals surface area contributed by atoms with Crippen molar-refractivity contribution in [2.24, 2.45) is 7.05 Å². The Hall–Kier alpha value is -2.59. The summed E-state index contributed by atoms with van der Waals surface area (Å²) in [4.78, 5) is 0. The second-order valence-electron chi connectivity index (χ2n) is 4.73. The Morgan fingerprint density at radius 2 is 2.00 bits per heavy atom. The summed E-state index contributed by atoms with van der Waals surface area (Å²) >= 11 is 1.37. The Labute approximate surface area is 132 Å². The Bertz CT molecular complexity index is 828. The van der Waals surface area contributed by atoms with Crippen LogP contribution in [0.3, 0.4) is 0 Å². The van der Waals surface area contributed by atoms with Crippen molar-refractivity contribution in [3.8, 4) is 23.1 Å². The molecule has 3 aromatic rings. The van der Waals surface area contributed by atoms with Gasteiger partial charge in [0.05, 0.1) is 23.1 Å². The van der Waals surface area contributed by atoms with Gasteiger partial charge >= 0.3 is 0 Å². The van der Waals surface area contributed by atoms with E-state index >= 15 is 0 Å². The van der Waals surface area contributed by atoms with Crippen LogP contribution in [0.5, 0.6) is 0 Å². The summed E-state index contributed by atoms with van der Waals surface area (Å²) in [5.74, 6) is 1.06. The molecule has 3 rings (SSSR count). The van der Waals surface area contributed by atoms with Crippen molar-refractivity contribution in [1.82, 2.24) is 24.5 Å². The highest BCUT2D eigenvalue weighted by molar-refractivity contribution is 7.99. The molecule has 7 heteroatoms. The van der Waals surface area contributed by atoms with Crippen LogP contribution >= 0.6 is 11.8 Å². The molecule has 22 heavy (non-hydrogen) atoms. The van der Waals surface area contributed by atoms with Crippen molar-refractivity contribution in [2.75, 3.05) is 5.75 Å². The second kappa shape index (κ2) is 6.03. The van der Waals surface area contributed by atoms with E-state index in [0.29, 0.717) is 10.9 Å². The number of thioether (sulfide) groups is 1. The van der Waals surface area contributed by atoms with Gasteiger partial charge in [-0.05, 0) is 19.1 Å². The molecule has 0 atom stereocenters. The van der Waals surface area contributed by atoms with Gasteiger partial charge in [0.25, 0.3) is 0 Å². The van der Waals surface area contributed by atoms with E-state index in [-0.39, 0.29) is 0 Å². The fourth-order valence-electron chi connectivity index (χ4n) is 2.26. The lowest BCUT2D eigenvalue weighted by Crippen LogP contribution is -1.99. The Morgan fingerprint density at radius 3 is 2.64 bits per heavy atom. The van der Waals surface area contributed by atoms with Crippen LogP contribution in [0.4, 0.5) is 0 Å². The van der Waals surface area contributed by atoms with E-state index in [9.17, 15) is 0 Å². The van der Waals surface area contributed by atoms with E-state index in [4.69, 9.17) is 5.26 Å². The van der Waals surface area contributed by atoms with E-state index in [1.54, 1.807) is 4.68 Å². The van der Waals surface area contributed by atoms with E-state index < -0.39 is 0 Å². The van der Waals surface area contributed by atoms with Gasteiger partial charge in [0, 0.05) is 18.9 Å². The van der Waals surface area contributed by atoms with Crippen LogP contribution in [-0.4, -0.2) is 30.3 Å². The second-order valence-corrected chi connectivity index (χ2v) is 5.67. The summed E-state index contributed by atoms with van der Waals surface area (Å²) in [6.45, 7) is 1.95. The summed E-state index contributed by atoms with van der Waals surface area (Å²) in [6.07, 6.45) is 1.93. The SMILES string of the molecule is Cc1nn(C)cc1-c1nnc(SCC#N)n1-c1ccccc1. The van der Waals surface area contributed by atoms with Crippen molar-refractivity contribution in [3.05, 3.63) is 42.2 Å². The van der Waals surface area contributed by atoms with Gasteiger partial charge in [0.1, 0.15) is 0 Å². The first kappa shape index (κ1) is 14.4. The maximum Gasteiger partial charge on any atom is 0.197 e. The third-order valence-corrected chi connectivity index (χ3v) is 3.96. The molecule has 0 unspecified atom stereocenters. The molecule has 1 aromatic carbocycles. The van der Waals surface area contributed by atoms with Crippen molar-refractivity contribution >= 4 is 11.8 Å². The number of benzene rings is 1. The third kappa shape index (κ3) is 2.61. The van der Waals surface area contributed by atoms with Crippen LogP contribution in [0.25, 0.3) is 17.1 Å². The largest absolute Gasteiger partial charge is 0.275 e. The highest BCUT2D eigenvalue weighted by atomic mass is 32.2. The highest BCUT2D eigenvalue weighted by Gasteiger charge is 2.19. The van der Waals surface area contributed by atoms with E-state index in [1.165, 1.54) is 11.8 Å². The molecule has 0 spiro atoms. The number of nitriles is 1. The minimum atomic E-state index is 0.330. The average Bonchev–Trinajstić information content (AvgIpc) is 3.08.